The summed E-state index contributed by atoms with van der Waals surface area (Å²) in [6, 6.07) is 12.8. The van der Waals surface area contributed by atoms with Gasteiger partial charge in [0.1, 0.15) is 57.6 Å². The molecule has 5 saturated carbocycles. The third-order valence-electron chi connectivity index (χ3n) is 18.3. The first-order valence-electron chi connectivity index (χ1n) is 49.1. The molecular formula is C93H113N18O27P. The highest BCUT2D eigenvalue weighted by Crippen LogP contribution is 2.32. The second-order valence-electron chi connectivity index (χ2n) is 27.7. The van der Waals surface area contributed by atoms with Gasteiger partial charge in [0.15, 0.2) is 54.2 Å². The summed E-state index contributed by atoms with van der Waals surface area (Å²) >= 11 is 0. The van der Waals surface area contributed by atoms with E-state index in [4.69, 9.17) is 50.0 Å². The fraction of sp³-hybridized carbons (Fsp3) is 0.366. The van der Waals surface area contributed by atoms with Gasteiger partial charge in [-0.1, -0.05) is 81.0 Å². The summed E-state index contributed by atoms with van der Waals surface area (Å²) < 4.78 is 178. The van der Waals surface area contributed by atoms with Gasteiger partial charge in [0.25, 0.3) is 39.3 Å². The molecule has 0 radical (unpaired) electrons. The van der Waals surface area contributed by atoms with E-state index in [1.807, 2.05) is 0 Å². The summed E-state index contributed by atoms with van der Waals surface area (Å²) in [4.78, 5) is 263. The molecule has 0 bridgehead atoms. The van der Waals surface area contributed by atoms with Gasteiger partial charge >= 0.3 is 23.5 Å². The Labute approximate surface area is 826 Å². The van der Waals surface area contributed by atoms with Crippen molar-refractivity contribution in [3.8, 4) is 0 Å². The molecule has 45 nitrogen and oxygen atoms in total. The number of esters is 2. The number of carboxylic acid groups (broad SMARTS) is 1. The van der Waals surface area contributed by atoms with Crippen molar-refractivity contribution in [3.05, 3.63) is 226 Å². The second-order valence-corrected chi connectivity index (χ2v) is 28.1. The predicted octanol–water partition coefficient (Wildman–Crippen LogP) is 11.7. The number of aromatic carboxylic acids is 1. The van der Waals surface area contributed by atoms with E-state index in [0.29, 0.717) is 18.3 Å². The number of nitrogens with zero attached hydrogens (tertiary/aromatic N) is 13. The van der Waals surface area contributed by atoms with Crippen LogP contribution < -0.4 is 56.5 Å². The van der Waals surface area contributed by atoms with Gasteiger partial charge in [0, 0.05) is 109 Å². The topological polar surface area (TPSA) is 706 Å². The van der Waals surface area contributed by atoms with Crippen LogP contribution in [-0.4, -0.2) is 152 Å². The number of fused-ring (bicyclic) bond motifs is 5. The van der Waals surface area contributed by atoms with E-state index in [9.17, 15) is 117 Å². The predicted molar refractivity (Wildman–Crippen MR) is 522 cm³/mol. The lowest BCUT2D eigenvalue weighted by Gasteiger charge is -2.24. The first-order chi connectivity index (χ1) is 71.4. The van der Waals surface area contributed by atoms with Crippen LogP contribution in [0.15, 0.2) is 142 Å². The number of carboxylic acids is 1. The van der Waals surface area contributed by atoms with E-state index in [-0.39, 0.29) is 168 Å². The summed E-state index contributed by atoms with van der Waals surface area (Å²) in [5.41, 5.74) is 5.41. The number of ketones is 10. The van der Waals surface area contributed by atoms with Crippen molar-refractivity contribution in [1.29, 1.82) is 0 Å². The quantitative estimate of drug-likeness (QED) is 0.0175. The summed E-state index contributed by atoms with van der Waals surface area (Å²) in [5.74, 6) is -10.9. The lowest BCUT2D eigenvalue weighted by Crippen LogP contribution is -2.36. The van der Waals surface area contributed by atoms with Gasteiger partial charge in [0.2, 0.25) is 0 Å². The van der Waals surface area contributed by atoms with Crippen LogP contribution >= 0.6 is 9.03 Å². The van der Waals surface area contributed by atoms with E-state index in [1.165, 1.54) is 146 Å². The highest BCUT2D eigenvalue weighted by atomic mass is 31.0. The second kappa shape index (κ2) is 52.6. The fourth-order valence-electron chi connectivity index (χ4n) is 12.8. The minimum Gasteiger partial charge on any atom is -0.477 e. The number of nitrogen functional groups attached to an aromatic ring is 4. The van der Waals surface area contributed by atoms with Crippen LogP contribution in [0.25, 0.3) is 54.5 Å². The minimum atomic E-state index is -2.56. The molecule has 5 aliphatic rings. The molecule has 11 N–H and O–H groups in total. The summed E-state index contributed by atoms with van der Waals surface area (Å²) in [7, 11) is 4.47. The Morgan fingerprint density at radius 1 is 0.432 bits per heavy atom. The summed E-state index contributed by atoms with van der Waals surface area (Å²) in [6.07, 6.45) is -20.0. The number of nitro benzene ring substituents is 3. The van der Waals surface area contributed by atoms with Crippen LogP contribution in [0.2, 0.25) is 8.47 Å². The lowest BCUT2D eigenvalue weighted by molar-refractivity contribution is -0.385. The standard InChI is InChI=1S/C15H13N3O5.3C15H15N3O3.C9H6N2O4.C7H6N2O4.C6H9NO2.C4H6O3.CH4NP.6CH4/c1-8-16-10-3-2-4-12(18(22)23)14(10)15(21)17(8)11-6-5-9(19)7-13(11)20;3*1-8-17-11-4-2-3-10(16)14(11)15(21)18(8)12-6-5-9(19)7-13(12)20;1-5-10-6-3-2-4-7(11(13)14)8(6)9(12)15-5;8-4-2-1-3-5(9(12)13)6(4)7(10)11;7-5-2-1-4(8)3-6(5)9;1-3(5)7-4(2)6;1-2-3;;;;;;/h2-4,11H,5-7H2,1H3;3*2-4,12H,5-7,16H2,1H3;2-4H,1H3;1-3H,8H2,(H,10,11);5H,1-3,7H2;1-2H3;3H,1H3;6*1H4/t;2*12-;;;;;;;;;;;;/m.10............/s1/i5D,6D,11D;3*5D,6D,12D;;;1D,2D,5D;;;;;;;;/hD6/t;2*5?,6?,12-;;;;;;;;;;;;. The van der Waals surface area contributed by atoms with E-state index >= 15 is 0 Å². The third kappa shape index (κ3) is 29.2. The number of ether oxygens (including phenoxy) is 1. The van der Waals surface area contributed by atoms with Gasteiger partial charge < -0.3 is 42.9 Å². The molecule has 16 rings (SSSR count). The van der Waals surface area contributed by atoms with Gasteiger partial charge in [-0.15, -0.1) is 0 Å². The maximum Gasteiger partial charge on any atom is 0.353 e. The number of aryl methyl sites for hydroxylation is 5. The number of Topliss-reactive ketones (excluding diaryl/α,β-unsaturated/α-hetero) is 10. The van der Waals surface area contributed by atoms with Crippen molar-refractivity contribution in [2.45, 2.75) is 219 Å². The van der Waals surface area contributed by atoms with Crippen molar-refractivity contribution < 1.29 is 120 Å². The number of carbonyl (C=O) groups is 13. The van der Waals surface area contributed by atoms with Gasteiger partial charge in [-0.2, -0.15) is 0 Å². The fourth-order valence-corrected chi connectivity index (χ4v) is 12.8. The smallest absolute Gasteiger partial charge is 0.353 e. The monoisotopic (exact) mass is 1970 g/mol. The van der Waals surface area contributed by atoms with Crippen LogP contribution in [0.4, 0.5) is 39.8 Å². The Morgan fingerprint density at radius 3 is 0.964 bits per heavy atom. The lowest BCUT2D eigenvalue weighted by atomic mass is 9.92. The maximum atomic E-state index is 13.1. The number of nitro groups is 3. The number of aromatic nitrogens is 9. The number of benzene rings is 6. The highest BCUT2D eigenvalue weighted by molar-refractivity contribution is 7.03. The third-order valence-corrected chi connectivity index (χ3v) is 18.3. The van der Waals surface area contributed by atoms with E-state index in [0.717, 1.165) is 12.1 Å². The van der Waals surface area contributed by atoms with Crippen LogP contribution in [0.5, 0.6) is 0 Å². The van der Waals surface area contributed by atoms with Crippen LogP contribution in [0.3, 0.4) is 0 Å². The van der Waals surface area contributed by atoms with Crippen LogP contribution in [-0.2, 0) is 62.3 Å². The van der Waals surface area contributed by atoms with Crippen molar-refractivity contribution in [1.82, 2.24) is 43.2 Å². The van der Waals surface area contributed by atoms with Crippen LogP contribution in [0.1, 0.15) is 239 Å². The average Bonchev–Trinajstić information content (AvgIpc) is 0.733. The molecule has 5 heterocycles. The Kier molecular flexibility index (Phi) is 32.9. The normalized spacial score (nSPS) is 26.1. The molecule has 5 fully saturated rings. The Hall–Kier alpha value is -16.2. The summed E-state index contributed by atoms with van der Waals surface area (Å²) in [5, 5.41) is 40.0. The molecule has 15 atom stereocenters. The number of carbonyl (C=O) groups excluding carboxylic acids is 12. The number of hydrogen-bond donors (Lipinski definition) is 6. The zero-order valence-corrected chi connectivity index (χ0v) is 71.6. The van der Waals surface area contributed by atoms with Gasteiger partial charge in [-0.3, -0.25) is 130 Å². The van der Waals surface area contributed by atoms with Crippen molar-refractivity contribution in [2.24, 2.45) is 10.5 Å². The number of anilines is 4. The molecule has 0 amide bonds. The first-order valence-corrected chi connectivity index (χ1v) is 38.6. The Bertz CT molecular complexity index is 7570. The first kappa shape index (κ1) is 86.9. The molecule has 5 aliphatic carbocycles. The largest absolute Gasteiger partial charge is 0.477 e. The molecule has 742 valence electrons. The van der Waals surface area contributed by atoms with Gasteiger partial charge in [0.05, 0.1) is 133 Å². The molecule has 0 spiro atoms. The maximum absolute atomic E-state index is 13.1. The summed E-state index contributed by atoms with van der Waals surface area (Å²) in [6.45, 7) is 9.36. The van der Waals surface area contributed by atoms with Crippen molar-refractivity contribution in [3.63, 3.8) is 0 Å². The highest BCUT2D eigenvalue weighted by Gasteiger charge is 2.36. The van der Waals surface area contributed by atoms with Crippen molar-refractivity contribution >= 4 is 179 Å². The molecule has 11 aromatic rings. The molecule has 5 aromatic heterocycles. The molecule has 46 heteroatoms. The molecule has 13 unspecified atom stereocenters. The van der Waals surface area contributed by atoms with Crippen molar-refractivity contribution in [2.75, 3.05) is 29.9 Å². The van der Waals surface area contributed by atoms with E-state index in [2.05, 4.69) is 43.4 Å². The molecule has 139 heavy (non-hydrogen) atoms. The Balaban J connectivity index is 0.000000627. The van der Waals surface area contributed by atoms with E-state index in [1.54, 1.807) is 7.05 Å². The minimum absolute atomic E-state index is 0. The number of non-ortho nitro benzene ring substituents is 2. The van der Waals surface area contributed by atoms with E-state index < -0.39 is 267 Å². The molecular weight excluding hydrogens is 1830 g/mol. The number of nitrogens with two attached hydrogens (primary N) is 5. The SMILES string of the molecule is C.C.C.C.C.C.CC(=O)OC(C)=O.CN=P.Cc1nc2cccc([N+](=O)[O-])c2c(=O)o1.Nc1cccc([N+](=O)[O-])c1C(=O)O.[2H]C1C(=O)CC(=O)C([2H])(N)C1[2H].[2H]C1C(=O)CC(=O)C([2H])(n2c(C)nc3cccc(N([2H])[2H])c3c2=O)C1[2H].[2H]C1C(=O)CC(=O)C([2H])(n2c(C)nc3cccc([N+](=O)[O-])c3c2=O)C1[2H].[2H]C1C(=O)CC(=O)[C@@]([2H])(n2c(C)nc3cccc(N([2H])[2H])c3c2=O)C1[2H].[2H]C1C(=O)CC(=O)[C@]([2H])(n2c(C)nc3cccc(N([2H])[2H])c3c2=O)C1[2H]. The molecule has 0 saturated heterocycles. The number of rotatable bonds is 11. The molecule has 6 aromatic carbocycles. The zero-order valence-electron chi connectivity index (χ0n) is 91.6. The zero-order chi connectivity index (χ0) is 117. The number of hydrogen-bond acceptors (Lipinski definition) is 37. The van der Waals surface area contributed by atoms with Crippen LogP contribution in [0, 0.1) is 65.0 Å². The Morgan fingerprint density at radius 2 is 0.683 bits per heavy atom. The van der Waals surface area contributed by atoms with Gasteiger partial charge in [-0.05, 0) is 123 Å². The molecule has 0 aliphatic heterocycles. The van der Waals surface area contributed by atoms with Gasteiger partial charge in [-0.25, -0.2) is 34.5 Å². The average molecular weight is 1970 g/mol.